The van der Waals surface area contributed by atoms with Crippen LogP contribution in [0.25, 0.3) is 0 Å². The van der Waals surface area contributed by atoms with Crippen LogP contribution in [0.3, 0.4) is 0 Å². The average Bonchev–Trinajstić information content (AvgIpc) is 3.02. The van der Waals surface area contributed by atoms with Gasteiger partial charge in [0.15, 0.2) is 5.96 Å². The molecule has 0 aliphatic heterocycles. The largest absolute Gasteiger partial charge is 0.357 e. The number of aromatic nitrogens is 2. The highest BCUT2D eigenvalue weighted by Gasteiger charge is 2.03. The van der Waals surface area contributed by atoms with Gasteiger partial charge < -0.3 is 10.6 Å². The predicted molar refractivity (Wildman–Crippen MR) is 107 cm³/mol. The van der Waals surface area contributed by atoms with Crippen molar-refractivity contribution in [1.82, 2.24) is 20.4 Å². The van der Waals surface area contributed by atoms with Crippen LogP contribution in [-0.2, 0) is 20.0 Å². The molecule has 0 atom stereocenters. The molecular weight excluding hydrogens is 330 g/mol. The van der Waals surface area contributed by atoms with Crippen LogP contribution in [0.5, 0.6) is 0 Å². The van der Waals surface area contributed by atoms with Crippen LogP contribution < -0.4 is 10.6 Å². The molecule has 25 heavy (non-hydrogen) atoms. The Morgan fingerprint density at radius 3 is 2.84 bits per heavy atom. The van der Waals surface area contributed by atoms with E-state index in [1.807, 2.05) is 17.9 Å². The second kappa shape index (κ2) is 10.1. The fraction of sp³-hybridized carbons (Fsp3) is 0.474. The molecule has 136 valence electrons. The number of benzene rings is 1. The van der Waals surface area contributed by atoms with Crippen molar-refractivity contribution in [2.24, 2.45) is 12.0 Å². The summed E-state index contributed by atoms with van der Waals surface area (Å²) in [6.45, 7) is 6.66. The lowest BCUT2D eigenvalue weighted by atomic mass is 10.1. The van der Waals surface area contributed by atoms with Crippen LogP contribution in [0.4, 0.5) is 0 Å². The molecule has 0 aliphatic carbocycles. The van der Waals surface area contributed by atoms with Gasteiger partial charge >= 0.3 is 0 Å². The number of aryl methyl sites for hydroxylation is 3. The molecule has 1 aromatic heterocycles. The highest BCUT2D eigenvalue weighted by Crippen LogP contribution is 2.22. The van der Waals surface area contributed by atoms with Crippen molar-refractivity contribution in [3.05, 3.63) is 47.3 Å². The first kappa shape index (κ1) is 19.4. The fourth-order valence-electron chi connectivity index (χ4n) is 2.59. The van der Waals surface area contributed by atoms with E-state index in [-0.39, 0.29) is 0 Å². The molecule has 5 nitrogen and oxygen atoms in total. The summed E-state index contributed by atoms with van der Waals surface area (Å²) in [7, 11) is 1.95. The third kappa shape index (κ3) is 6.46. The standard InChI is InChI=1S/C19H29N5S/c1-5-20-19(21-10-6-7-16-12-23-24(3)14-16)22-13-17-9-8-15(2)11-18(17)25-4/h8-9,11-12,14H,5-7,10,13H2,1-4H3,(H2,20,21,22). The molecule has 0 spiro atoms. The smallest absolute Gasteiger partial charge is 0.191 e. The molecule has 0 saturated carbocycles. The number of nitrogens with one attached hydrogen (secondary N) is 2. The molecule has 0 aliphatic rings. The van der Waals surface area contributed by atoms with Gasteiger partial charge in [-0.25, -0.2) is 4.99 Å². The van der Waals surface area contributed by atoms with E-state index in [0.29, 0.717) is 6.54 Å². The molecule has 0 unspecified atom stereocenters. The number of hydrogen-bond acceptors (Lipinski definition) is 3. The highest BCUT2D eigenvalue weighted by atomic mass is 32.2. The quantitative estimate of drug-likeness (QED) is 0.329. The van der Waals surface area contributed by atoms with E-state index in [1.165, 1.54) is 21.6 Å². The van der Waals surface area contributed by atoms with Crippen molar-refractivity contribution in [2.45, 2.75) is 38.1 Å². The number of guanidine groups is 1. The maximum atomic E-state index is 4.74. The van der Waals surface area contributed by atoms with Gasteiger partial charge in [-0.05, 0) is 55.7 Å². The number of aliphatic imine (C=N–C) groups is 1. The highest BCUT2D eigenvalue weighted by molar-refractivity contribution is 7.98. The predicted octanol–water partition coefficient (Wildman–Crippen LogP) is 3.14. The molecule has 1 heterocycles. The third-order valence-corrected chi connectivity index (χ3v) is 4.71. The molecule has 0 amide bonds. The Bertz CT molecular complexity index is 693. The van der Waals surface area contributed by atoms with E-state index >= 15 is 0 Å². The summed E-state index contributed by atoms with van der Waals surface area (Å²) >= 11 is 1.78. The minimum Gasteiger partial charge on any atom is -0.357 e. The monoisotopic (exact) mass is 359 g/mol. The van der Waals surface area contributed by atoms with Gasteiger partial charge in [-0.3, -0.25) is 4.68 Å². The van der Waals surface area contributed by atoms with Crippen LogP contribution >= 0.6 is 11.8 Å². The van der Waals surface area contributed by atoms with Crippen molar-refractivity contribution >= 4 is 17.7 Å². The van der Waals surface area contributed by atoms with Gasteiger partial charge in [-0.2, -0.15) is 5.10 Å². The Balaban J connectivity index is 1.87. The van der Waals surface area contributed by atoms with Crippen LogP contribution in [0.1, 0.15) is 30.0 Å². The van der Waals surface area contributed by atoms with Crippen LogP contribution in [0.2, 0.25) is 0 Å². The van der Waals surface area contributed by atoms with Gasteiger partial charge in [-0.1, -0.05) is 12.1 Å². The van der Waals surface area contributed by atoms with E-state index in [2.05, 4.69) is 60.2 Å². The topological polar surface area (TPSA) is 54.2 Å². The van der Waals surface area contributed by atoms with Crippen molar-refractivity contribution < 1.29 is 0 Å². The Morgan fingerprint density at radius 2 is 2.16 bits per heavy atom. The molecule has 0 fully saturated rings. The normalized spacial score (nSPS) is 11.6. The zero-order chi connectivity index (χ0) is 18.1. The van der Waals surface area contributed by atoms with Crippen molar-refractivity contribution in [3.8, 4) is 0 Å². The SMILES string of the molecule is CCNC(=NCc1ccc(C)cc1SC)NCCCc1cnn(C)c1. The third-order valence-electron chi connectivity index (χ3n) is 3.89. The molecule has 2 N–H and O–H groups in total. The zero-order valence-corrected chi connectivity index (χ0v) is 16.5. The van der Waals surface area contributed by atoms with Gasteiger partial charge in [0.1, 0.15) is 0 Å². The molecule has 0 radical (unpaired) electrons. The fourth-order valence-corrected chi connectivity index (χ4v) is 3.29. The summed E-state index contributed by atoms with van der Waals surface area (Å²) in [4.78, 5) is 6.04. The molecule has 0 saturated heterocycles. The van der Waals surface area contributed by atoms with E-state index in [0.717, 1.165) is 31.9 Å². The second-order valence-corrected chi connectivity index (χ2v) is 6.91. The van der Waals surface area contributed by atoms with E-state index in [1.54, 1.807) is 11.8 Å². The van der Waals surface area contributed by atoms with Crippen molar-refractivity contribution in [3.63, 3.8) is 0 Å². The first-order valence-electron chi connectivity index (χ1n) is 8.75. The lowest BCUT2D eigenvalue weighted by Crippen LogP contribution is -2.37. The first-order chi connectivity index (χ1) is 12.1. The van der Waals surface area contributed by atoms with Crippen LogP contribution in [0.15, 0.2) is 40.5 Å². The van der Waals surface area contributed by atoms with Gasteiger partial charge in [-0.15, -0.1) is 11.8 Å². The van der Waals surface area contributed by atoms with Crippen molar-refractivity contribution in [1.29, 1.82) is 0 Å². The van der Waals surface area contributed by atoms with Crippen LogP contribution in [0, 0.1) is 6.92 Å². The van der Waals surface area contributed by atoms with Gasteiger partial charge in [0, 0.05) is 31.2 Å². The Labute approximate surface area is 155 Å². The van der Waals surface area contributed by atoms with Gasteiger partial charge in [0.05, 0.1) is 12.7 Å². The molecule has 6 heteroatoms. The number of hydrogen-bond donors (Lipinski definition) is 2. The summed E-state index contributed by atoms with van der Waals surface area (Å²) in [5.41, 5.74) is 3.83. The summed E-state index contributed by atoms with van der Waals surface area (Å²) in [6, 6.07) is 6.55. The average molecular weight is 360 g/mol. The van der Waals surface area contributed by atoms with Crippen LogP contribution in [-0.4, -0.2) is 35.1 Å². The minimum atomic E-state index is 0.689. The number of thioether (sulfide) groups is 1. The number of nitrogens with zero attached hydrogens (tertiary/aromatic N) is 3. The molecule has 2 rings (SSSR count). The maximum Gasteiger partial charge on any atom is 0.191 e. The summed E-state index contributed by atoms with van der Waals surface area (Å²) < 4.78 is 1.85. The Hall–Kier alpha value is -1.95. The van der Waals surface area contributed by atoms with E-state index in [4.69, 9.17) is 4.99 Å². The lowest BCUT2D eigenvalue weighted by Gasteiger charge is -2.12. The minimum absolute atomic E-state index is 0.689. The molecule has 1 aromatic carbocycles. The Kier molecular flexibility index (Phi) is 7.85. The maximum absolute atomic E-state index is 4.74. The van der Waals surface area contributed by atoms with Gasteiger partial charge in [0.2, 0.25) is 0 Å². The molecule has 2 aromatic rings. The summed E-state index contributed by atoms with van der Waals surface area (Å²) in [6.07, 6.45) is 8.19. The summed E-state index contributed by atoms with van der Waals surface area (Å²) in [5.74, 6) is 0.876. The molecular formula is C19H29N5S. The second-order valence-electron chi connectivity index (χ2n) is 6.06. The van der Waals surface area contributed by atoms with Crippen molar-refractivity contribution in [2.75, 3.05) is 19.3 Å². The van der Waals surface area contributed by atoms with E-state index in [9.17, 15) is 0 Å². The first-order valence-corrected chi connectivity index (χ1v) is 9.98. The molecule has 0 bridgehead atoms. The summed E-state index contributed by atoms with van der Waals surface area (Å²) in [5, 5.41) is 10.9. The van der Waals surface area contributed by atoms with E-state index < -0.39 is 0 Å². The zero-order valence-electron chi connectivity index (χ0n) is 15.7. The number of rotatable bonds is 8. The van der Waals surface area contributed by atoms with Gasteiger partial charge in [0.25, 0.3) is 0 Å². The lowest BCUT2D eigenvalue weighted by molar-refractivity contribution is 0.740. The Morgan fingerprint density at radius 1 is 1.32 bits per heavy atom.